The number of aromatic nitrogens is 2. The van der Waals surface area contributed by atoms with Gasteiger partial charge in [0.2, 0.25) is 5.91 Å². The Bertz CT molecular complexity index is 903. The molecular formula is C18H21N3O2. The molecule has 5 heteroatoms. The molecule has 0 aliphatic carbocycles. The van der Waals surface area contributed by atoms with Crippen molar-refractivity contribution in [2.75, 3.05) is 5.32 Å². The number of hydrogen-bond donors (Lipinski definition) is 1. The van der Waals surface area contributed by atoms with Crippen LogP contribution in [-0.2, 0) is 18.3 Å². The van der Waals surface area contributed by atoms with Crippen molar-refractivity contribution in [2.45, 2.75) is 34.1 Å². The largest absolute Gasteiger partial charge is 0.464 e. The van der Waals surface area contributed by atoms with Crippen LogP contribution >= 0.6 is 0 Å². The molecule has 0 bridgehead atoms. The molecule has 0 atom stereocenters. The highest BCUT2D eigenvalue weighted by molar-refractivity contribution is 5.96. The highest BCUT2D eigenvalue weighted by Crippen LogP contribution is 2.26. The van der Waals surface area contributed by atoms with E-state index in [-0.39, 0.29) is 12.3 Å². The third-order valence-corrected chi connectivity index (χ3v) is 4.39. The van der Waals surface area contributed by atoms with Gasteiger partial charge in [0.15, 0.2) is 0 Å². The smallest absolute Gasteiger partial charge is 0.229 e. The SMILES string of the molecule is Cc1cc2occ(CC(=O)Nc3c(C)nn(C)c3C)c2cc1C. The summed E-state index contributed by atoms with van der Waals surface area (Å²) in [6.45, 7) is 7.95. The number of aryl methyl sites for hydroxylation is 4. The fourth-order valence-corrected chi connectivity index (χ4v) is 2.78. The van der Waals surface area contributed by atoms with Crippen LogP contribution in [0.25, 0.3) is 11.0 Å². The van der Waals surface area contributed by atoms with Crippen molar-refractivity contribution in [2.24, 2.45) is 7.05 Å². The molecule has 0 radical (unpaired) electrons. The molecule has 5 nitrogen and oxygen atoms in total. The van der Waals surface area contributed by atoms with Gasteiger partial charge < -0.3 is 9.73 Å². The number of nitrogens with zero attached hydrogens (tertiary/aromatic N) is 2. The topological polar surface area (TPSA) is 60.1 Å². The Balaban J connectivity index is 1.84. The van der Waals surface area contributed by atoms with Crippen LogP contribution in [0.5, 0.6) is 0 Å². The molecule has 3 rings (SSSR count). The van der Waals surface area contributed by atoms with E-state index in [1.54, 1.807) is 10.9 Å². The number of furan rings is 1. The van der Waals surface area contributed by atoms with Gasteiger partial charge in [0, 0.05) is 18.0 Å². The minimum absolute atomic E-state index is 0.0647. The first-order valence-electron chi connectivity index (χ1n) is 7.64. The maximum absolute atomic E-state index is 12.4. The lowest BCUT2D eigenvalue weighted by Crippen LogP contribution is -2.15. The average Bonchev–Trinajstić information content (AvgIpc) is 2.96. The maximum Gasteiger partial charge on any atom is 0.229 e. The monoisotopic (exact) mass is 311 g/mol. The second-order valence-electron chi connectivity index (χ2n) is 6.09. The minimum atomic E-state index is -0.0647. The number of fused-ring (bicyclic) bond motifs is 1. The third kappa shape index (κ3) is 2.74. The van der Waals surface area contributed by atoms with Crippen molar-refractivity contribution >= 4 is 22.6 Å². The minimum Gasteiger partial charge on any atom is -0.464 e. The van der Waals surface area contributed by atoms with Crippen molar-refractivity contribution in [3.8, 4) is 0 Å². The second kappa shape index (κ2) is 5.57. The fourth-order valence-electron chi connectivity index (χ4n) is 2.78. The van der Waals surface area contributed by atoms with Crippen molar-refractivity contribution < 1.29 is 9.21 Å². The van der Waals surface area contributed by atoms with E-state index in [1.165, 1.54) is 11.1 Å². The third-order valence-electron chi connectivity index (χ3n) is 4.39. The van der Waals surface area contributed by atoms with Gasteiger partial charge in [-0.05, 0) is 51.0 Å². The van der Waals surface area contributed by atoms with E-state index >= 15 is 0 Å². The lowest BCUT2D eigenvalue weighted by molar-refractivity contribution is -0.115. The number of hydrogen-bond acceptors (Lipinski definition) is 3. The van der Waals surface area contributed by atoms with Crippen LogP contribution in [0.3, 0.4) is 0 Å². The summed E-state index contributed by atoms with van der Waals surface area (Å²) in [5.41, 5.74) is 6.66. The number of benzene rings is 1. The highest BCUT2D eigenvalue weighted by Gasteiger charge is 2.15. The van der Waals surface area contributed by atoms with Gasteiger partial charge in [-0.2, -0.15) is 5.10 Å². The lowest BCUT2D eigenvalue weighted by Gasteiger charge is -2.05. The summed E-state index contributed by atoms with van der Waals surface area (Å²) in [5.74, 6) is -0.0647. The van der Waals surface area contributed by atoms with Crippen molar-refractivity contribution in [3.05, 3.63) is 46.5 Å². The predicted molar refractivity (Wildman–Crippen MR) is 90.7 cm³/mol. The van der Waals surface area contributed by atoms with Gasteiger partial charge in [-0.15, -0.1) is 0 Å². The molecule has 0 aliphatic rings. The fraction of sp³-hybridized carbons (Fsp3) is 0.333. The average molecular weight is 311 g/mol. The van der Waals surface area contributed by atoms with Crippen LogP contribution in [0, 0.1) is 27.7 Å². The molecule has 2 aromatic heterocycles. The van der Waals surface area contributed by atoms with E-state index in [0.29, 0.717) is 0 Å². The van der Waals surface area contributed by atoms with Gasteiger partial charge in [0.05, 0.1) is 29.8 Å². The molecule has 0 fully saturated rings. The van der Waals surface area contributed by atoms with Gasteiger partial charge in [0.25, 0.3) is 0 Å². The summed E-state index contributed by atoms with van der Waals surface area (Å²) in [6, 6.07) is 4.10. The lowest BCUT2D eigenvalue weighted by atomic mass is 10.0. The molecule has 0 spiro atoms. The normalized spacial score (nSPS) is 11.2. The van der Waals surface area contributed by atoms with Crippen LogP contribution in [-0.4, -0.2) is 15.7 Å². The number of carbonyl (C=O) groups is 1. The van der Waals surface area contributed by atoms with Crippen LogP contribution in [0.2, 0.25) is 0 Å². The van der Waals surface area contributed by atoms with E-state index in [0.717, 1.165) is 33.6 Å². The van der Waals surface area contributed by atoms with E-state index in [4.69, 9.17) is 4.42 Å². The number of amides is 1. The molecule has 1 N–H and O–H groups in total. The van der Waals surface area contributed by atoms with Gasteiger partial charge in [-0.1, -0.05) is 0 Å². The summed E-state index contributed by atoms with van der Waals surface area (Å²) < 4.78 is 7.36. The number of carbonyl (C=O) groups excluding carboxylic acids is 1. The van der Waals surface area contributed by atoms with Crippen LogP contribution in [0.15, 0.2) is 22.8 Å². The quantitative estimate of drug-likeness (QED) is 0.804. The molecule has 0 unspecified atom stereocenters. The number of rotatable bonds is 3. The standard InChI is InChI=1S/C18H21N3O2/c1-10-6-15-14(9-23-16(15)7-11(10)2)8-17(22)19-18-12(3)20-21(5)13(18)4/h6-7,9H,8H2,1-5H3,(H,19,22). The Kier molecular flexibility index (Phi) is 3.72. The van der Waals surface area contributed by atoms with E-state index < -0.39 is 0 Å². The summed E-state index contributed by atoms with van der Waals surface area (Å²) >= 11 is 0. The van der Waals surface area contributed by atoms with Crippen LogP contribution in [0.4, 0.5) is 5.69 Å². The summed E-state index contributed by atoms with van der Waals surface area (Å²) in [5, 5.41) is 8.28. The second-order valence-corrected chi connectivity index (χ2v) is 6.09. The van der Waals surface area contributed by atoms with Crippen molar-refractivity contribution in [1.82, 2.24) is 9.78 Å². The van der Waals surface area contributed by atoms with Gasteiger partial charge >= 0.3 is 0 Å². The molecule has 0 aliphatic heterocycles. The number of anilines is 1. The van der Waals surface area contributed by atoms with Crippen molar-refractivity contribution in [1.29, 1.82) is 0 Å². The Hall–Kier alpha value is -2.56. The van der Waals surface area contributed by atoms with Gasteiger partial charge in [0.1, 0.15) is 5.58 Å². The molecule has 1 amide bonds. The predicted octanol–water partition coefficient (Wildman–Crippen LogP) is 3.58. The molecule has 2 heterocycles. The number of nitrogens with one attached hydrogen (secondary N) is 1. The molecular weight excluding hydrogens is 290 g/mol. The highest BCUT2D eigenvalue weighted by atomic mass is 16.3. The van der Waals surface area contributed by atoms with Crippen LogP contribution in [0.1, 0.15) is 28.1 Å². The molecule has 0 saturated heterocycles. The Labute approximate surface area is 135 Å². The Morgan fingerprint density at radius 1 is 1.22 bits per heavy atom. The van der Waals surface area contributed by atoms with Gasteiger partial charge in [-0.25, -0.2) is 0 Å². The first kappa shape index (κ1) is 15.3. The van der Waals surface area contributed by atoms with Crippen molar-refractivity contribution in [3.63, 3.8) is 0 Å². The van der Waals surface area contributed by atoms with E-state index in [2.05, 4.69) is 30.3 Å². The zero-order valence-corrected chi connectivity index (χ0v) is 14.2. The molecule has 0 saturated carbocycles. The molecule has 120 valence electrons. The maximum atomic E-state index is 12.4. The molecule has 23 heavy (non-hydrogen) atoms. The van der Waals surface area contributed by atoms with E-state index in [9.17, 15) is 4.79 Å². The summed E-state index contributed by atoms with van der Waals surface area (Å²) in [4.78, 5) is 12.4. The first-order valence-corrected chi connectivity index (χ1v) is 7.64. The Morgan fingerprint density at radius 3 is 2.57 bits per heavy atom. The van der Waals surface area contributed by atoms with E-state index in [1.807, 2.05) is 27.0 Å². The molecule has 3 aromatic rings. The first-order chi connectivity index (χ1) is 10.9. The Morgan fingerprint density at radius 2 is 1.91 bits per heavy atom. The van der Waals surface area contributed by atoms with Gasteiger partial charge in [-0.3, -0.25) is 9.48 Å². The molecule has 1 aromatic carbocycles. The zero-order chi connectivity index (χ0) is 16.7. The summed E-state index contributed by atoms with van der Waals surface area (Å²) in [7, 11) is 1.87. The van der Waals surface area contributed by atoms with Crippen LogP contribution < -0.4 is 5.32 Å². The summed E-state index contributed by atoms with van der Waals surface area (Å²) in [6.07, 6.45) is 1.95. The zero-order valence-electron chi connectivity index (χ0n) is 14.2.